The molecule has 0 aliphatic heterocycles. The minimum Gasteiger partial charge on any atom is -0.376 e. The minimum absolute atomic E-state index is 0.0349. The van der Waals surface area contributed by atoms with E-state index in [0.29, 0.717) is 11.3 Å². The molecule has 0 radical (unpaired) electrons. The second kappa shape index (κ2) is 9.62. The number of rotatable bonds is 7. The Morgan fingerprint density at radius 3 is 2.28 bits per heavy atom. The fraction of sp³-hybridized carbons (Fsp3) is 0.526. The van der Waals surface area contributed by atoms with Gasteiger partial charge in [-0.25, -0.2) is 0 Å². The first-order valence-electron chi connectivity index (χ1n) is 8.92. The van der Waals surface area contributed by atoms with Crippen LogP contribution in [0.3, 0.4) is 0 Å². The van der Waals surface area contributed by atoms with Gasteiger partial charge < -0.3 is 20.9 Å². The maximum Gasteiger partial charge on any atom is 0.405 e. The molecule has 0 atom stereocenters. The molecule has 10 heteroatoms. The number of anilines is 1. The Morgan fingerprint density at radius 1 is 1.10 bits per heavy atom. The van der Waals surface area contributed by atoms with Gasteiger partial charge in [-0.2, -0.15) is 13.2 Å². The number of carbonyl (C=O) groups is 3. The zero-order valence-corrected chi connectivity index (χ0v) is 17.2. The lowest BCUT2D eigenvalue weighted by Gasteiger charge is -2.23. The summed E-state index contributed by atoms with van der Waals surface area (Å²) in [5.41, 5.74) is 0.764. The van der Waals surface area contributed by atoms with Gasteiger partial charge in [0.2, 0.25) is 11.8 Å². The van der Waals surface area contributed by atoms with Crippen LogP contribution < -0.4 is 16.0 Å². The molecule has 1 aromatic carbocycles. The first-order valence-corrected chi connectivity index (χ1v) is 8.92. The van der Waals surface area contributed by atoms with Crippen molar-refractivity contribution in [3.05, 3.63) is 29.3 Å². The Kier molecular flexibility index (Phi) is 8.05. The summed E-state index contributed by atoms with van der Waals surface area (Å²) < 4.78 is 36.7. The molecular weight excluding hydrogens is 389 g/mol. The van der Waals surface area contributed by atoms with E-state index in [4.69, 9.17) is 0 Å². The highest BCUT2D eigenvalue weighted by molar-refractivity contribution is 5.95. The fourth-order valence-electron chi connectivity index (χ4n) is 2.30. The molecule has 0 unspecified atom stereocenters. The average molecular weight is 416 g/mol. The summed E-state index contributed by atoms with van der Waals surface area (Å²) >= 11 is 0. The Morgan fingerprint density at radius 2 is 1.72 bits per heavy atom. The van der Waals surface area contributed by atoms with Crippen LogP contribution in [0, 0.1) is 6.92 Å². The number of nitrogens with zero attached hydrogens (tertiary/aromatic N) is 1. The Bertz CT molecular complexity index is 758. The van der Waals surface area contributed by atoms with Crippen LogP contribution in [0.5, 0.6) is 0 Å². The smallest absolute Gasteiger partial charge is 0.376 e. The monoisotopic (exact) mass is 416 g/mol. The Hall–Kier alpha value is -2.78. The Balaban J connectivity index is 2.68. The molecule has 1 rings (SSSR count). The van der Waals surface area contributed by atoms with E-state index in [2.05, 4.69) is 10.6 Å². The van der Waals surface area contributed by atoms with Gasteiger partial charge in [0.15, 0.2) is 0 Å². The number of amides is 3. The highest BCUT2D eigenvalue weighted by atomic mass is 19.4. The van der Waals surface area contributed by atoms with E-state index in [0.717, 1.165) is 0 Å². The second-order valence-corrected chi connectivity index (χ2v) is 7.73. The van der Waals surface area contributed by atoms with E-state index in [1.165, 1.54) is 24.1 Å². The van der Waals surface area contributed by atoms with E-state index in [1.807, 2.05) is 20.8 Å². The molecule has 0 aliphatic rings. The summed E-state index contributed by atoms with van der Waals surface area (Å²) in [5, 5.41) is 7.41. The summed E-state index contributed by atoms with van der Waals surface area (Å²) in [6.45, 7) is 5.52. The van der Waals surface area contributed by atoms with Gasteiger partial charge in [-0.1, -0.05) is 6.07 Å². The van der Waals surface area contributed by atoms with Crippen LogP contribution >= 0.6 is 0 Å². The molecule has 0 aromatic heterocycles. The van der Waals surface area contributed by atoms with Gasteiger partial charge in [0.1, 0.15) is 6.54 Å². The van der Waals surface area contributed by atoms with Crippen LogP contribution in [-0.2, 0) is 9.59 Å². The molecule has 7 nitrogen and oxygen atoms in total. The summed E-state index contributed by atoms with van der Waals surface area (Å²) in [6, 6.07) is 4.34. The number of aryl methyl sites for hydroxylation is 1. The highest BCUT2D eigenvalue weighted by Gasteiger charge is 2.28. The van der Waals surface area contributed by atoms with Gasteiger partial charge in [0.05, 0.1) is 13.1 Å². The van der Waals surface area contributed by atoms with Crippen molar-refractivity contribution in [2.45, 2.75) is 39.4 Å². The van der Waals surface area contributed by atoms with E-state index in [9.17, 15) is 27.6 Å². The molecule has 0 saturated heterocycles. The van der Waals surface area contributed by atoms with Crippen molar-refractivity contribution < 1.29 is 27.6 Å². The molecule has 0 spiro atoms. The first-order chi connectivity index (χ1) is 13.2. The van der Waals surface area contributed by atoms with Crippen LogP contribution in [-0.4, -0.2) is 61.0 Å². The van der Waals surface area contributed by atoms with Gasteiger partial charge in [0, 0.05) is 23.8 Å². The van der Waals surface area contributed by atoms with E-state index >= 15 is 0 Å². The predicted molar refractivity (Wildman–Crippen MR) is 104 cm³/mol. The first kappa shape index (κ1) is 24.3. The standard InChI is InChI=1S/C19H27F3N4O3/c1-12-6-7-13(17(29)24-11-19(20,21)22)8-14(12)23-9-16(28)26(5)10-15(27)25-18(2,3)4/h6-8,23H,9-11H2,1-5H3,(H,24,29)(H,25,27). The van der Waals surface area contributed by atoms with Gasteiger partial charge in [0.25, 0.3) is 5.91 Å². The molecule has 0 saturated carbocycles. The zero-order chi connectivity index (χ0) is 22.4. The van der Waals surface area contributed by atoms with Crippen LogP contribution in [0.4, 0.5) is 18.9 Å². The number of carbonyl (C=O) groups excluding carboxylic acids is 3. The topological polar surface area (TPSA) is 90.5 Å². The molecule has 3 N–H and O–H groups in total. The summed E-state index contributed by atoms with van der Waals surface area (Å²) in [4.78, 5) is 37.3. The highest BCUT2D eigenvalue weighted by Crippen LogP contribution is 2.18. The third kappa shape index (κ3) is 9.31. The number of hydrogen-bond acceptors (Lipinski definition) is 4. The second-order valence-electron chi connectivity index (χ2n) is 7.73. The van der Waals surface area contributed by atoms with Gasteiger partial charge in [-0.15, -0.1) is 0 Å². The van der Waals surface area contributed by atoms with Gasteiger partial charge >= 0.3 is 6.18 Å². The van der Waals surface area contributed by atoms with E-state index in [1.54, 1.807) is 18.3 Å². The third-order valence-electron chi connectivity index (χ3n) is 3.70. The molecule has 0 aliphatic carbocycles. The van der Waals surface area contributed by atoms with Crippen molar-refractivity contribution in [2.24, 2.45) is 0 Å². The zero-order valence-electron chi connectivity index (χ0n) is 17.2. The predicted octanol–water partition coefficient (Wildman–Crippen LogP) is 2.07. The molecule has 0 heterocycles. The molecule has 0 fully saturated rings. The largest absolute Gasteiger partial charge is 0.405 e. The number of alkyl halides is 3. The van der Waals surface area contributed by atoms with E-state index in [-0.39, 0.29) is 30.5 Å². The van der Waals surface area contributed by atoms with Crippen molar-refractivity contribution in [1.82, 2.24) is 15.5 Å². The lowest BCUT2D eigenvalue weighted by Crippen LogP contribution is -2.47. The molecule has 3 amide bonds. The quantitative estimate of drug-likeness (QED) is 0.635. The SMILES string of the molecule is Cc1ccc(C(=O)NCC(F)(F)F)cc1NCC(=O)N(C)CC(=O)NC(C)(C)C. The van der Waals surface area contributed by atoms with Crippen LogP contribution in [0.1, 0.15) is 36.7 Å². The van der Waals surface area contributed by atoms with Crippen LogP contribution in [0.25, 0.3) is 0 Å². The maximum atomic E-state index is 12.2. The maximum absolute atomic E-state index is 12.2. The van der Waals surface area contributed by atoms with Crippen molar-refractivity contribution in [3.8, 4) is 0 Å². The minimum atomic E-state index is -4.50. The average Bonchev–Trinajstić information content (AvgIpc) is 2.56. The summed E-state index contributed by atoms with van der Waals surface area (Å²) in [7, 11) is 1.49. The lowest BCUT2D eigenvalue weighted by molar-refractivity contribution is -0.133. The summed E-state index contributed by atoms with van der Waals surface area (Å²) in [5.74, 6) is -1.53. The number of likely N-dealkylation sites (N-methyl/N-ethyl adjacent to an activating group) is 1. The molecule has 1 aromatic rings. The van der Waals surface area contributed by atoms with Crippen molar-refractivity contribution in [3.63, 3.8) is 0 Å². The molecular formula is C19H27F3N4O3. The van der Waals surface area contributed by atoms with Crippen LogP contribution in [0.15, 0.2) is 18.2 Å². The third-order valence-corrected chi connectivity index (χ3v) is 3.70. The molecule has 162 valence electrons. The normalized spacial score (nSPS) is 11.6. The van der Waals surface area contributed by atoms with Gasteiger partial charge in [-0.3, -0.25) is 14.4 Å². The Labute approximate surface area is 168 Å². The number of benzene rings is 1. The van der Waals surface area contributed by atoms with Crippen LogP contribution in [0.2, 0.25) is 0 Å². The number of hydrogen-bond donors (Lipinski definition) is 3. The lowest BCUT2D eigenvalue weighted by atomic mass is 10.1. The number of nitrogens with one attached hydrogen (secondary N) is 3. The number of halogens is 3. The van der Waals surface area contributed by atoms with Crippen molar-refractivity contribution >= 4 is 23.4 Å². The van der Waals surface area contributed by atoms with Crippen molar-refractivity contribution in [2.75, 3.05) is 32.0 Å². The fourth-order valence-corrected chi connectivity index (χ4v) is 2.30. The van der Waals surface area contributed by atoms with Gasteiger partial charge in [-0.05, 0) is 45.4 Å². The van der Waals surface area contributed by atoms with Crippen molar-refractivity contribution in [1.29, 1.82) is 0 Å². The molecule has 29 heavy (non-hydrogen) atoms. The summed E-state index contributed by atoms with van der Waals surface area (Å²) in [6.07, 6.45) is -4.50. The molecule has 0 bridgehead atoms. The van der Waals surface area contributed by atoms with E-state index < -0.39 is 24.2 Å².